The minimum Gasteiger partial charge on any atom is -0.383 e. The maximum Gasteiger partial charge on any atom is 0.245 e. The highest BCUT2D eigenvalue weighted by atomic mass is 16.5. The Hall–Kier alpha value is -1.10. The topological polar surface area (TPSA) is 58.6 Å². The Balaban J connectivity index is 2.89. The fourth-order valence-corrected chi connectivity index (χ4v) is 2.49. The lowest BCUT2D eigenvalue weighted by atomic mass is 10.0. The molecule has 1 saturated heterocycles. The molecule has 0 aromatic carbocycles. The number of hydrogen-bond acceptors (Lipinski definition) is 3. The molecule has 5 nitrogen and oxygen atoms in total. The molecular weight excluding hydrogens is 244 g/mol. The molecular formula is C14H26N2O3. The molecule has 2 amide bonds. The highest BCUT2D eigenvalue weighted by Crippen LogP contribution is 2.17. The molecule has 1 rings (SSSR count). The first-order chi connectivity index (χ1) is 9.01. The van der Waals surface area contributed by atoms with Gasteiger partial charge in [-0.2, -0.15) is 0 Å². The average Bonchev–Trinajstić information content (AvgIpc) is 2.48. The van der Waals surface area contributed by atoms with E-state index in [0.717, 1.165) is 6.42 Å². The summed E-state index contributed by atoms with van der Waals surface area (Å²) in [4.78, 5) is 26.1. The number of nitrogens with one attached hydrogen (secondary N) is 1. The molecule has 5 heteroatoms. The first kappa shape index (κ1) is 16.0. The van der Waals surface area contributed by atoms with Crippen molar-refractivity contribution in [1.29, 1.82) is 0 Å². The summed E-state index contributed by atoms with van der Waals surface area (Å²) in [6.07, 6.45) is 1.94. The number of methoxy groups -OCH3 is 1. The molecule has 19 heavy (non-hydrogen) atoms. The minimum atomic E-state index is -0.377. The number of nitrogens with zero attached hydrogens (tertiary/aromatic N) is 1. The van der Waals surface area contributed by atoms with E-state index in [0.29, 0.717) is 31.9 Å². The second-order valence-corrected chi connectivity index (χ2v) is 5.46. The van der Waals surface area contributed by atoms with E-state index in [-0.39, 0.29) is 23.9 Å². The lowest BCUT2D eigenvalue weighted by Crippen LogP contribution is -2.51. The quantitative estimate of drug-likeness (QED) is 0.788. The van der Waals surface area contributed by atoms with Crippen molar-refractivity contribution in [2.24, 2.45) is 5.92 Å². The van der Waals surface area contributed by atoms with Crippen LogP contribution in [0.25, 0.3) is 0 Å². The van der Waals surface area contributed by atoms with E-state index in [1.807, 2.05) is 11.8 Å². The number of carbonyl (C=O) groups is 2. The molecule has 0 spiro atoms. The van der Waals surface area contributed by atoms with Crippen LogP contribution in [0.15, 0.2) is 0 Å². The van der Waals surface area contributed by atoms with Crippen LogP contribution in [-0.4, -0.2) is 49.1 Å². The second kappa shape index (κ2) is 7.48. The molecule has 1 fully saturated rings. The van der Waals surface area contributed by atoms with E-state index in [2.05, 4.69) is 19.2 Å². The number of carbonyl (C=O) groups excluding carboxylic acids is 2. The van der Waals surface area contributed by atoms with Crippen molar-refractivity contribution in [3.63, 3.8) is 0 Å². The molecule has 1 aliphatic heterocycles. The summed E-state index contributed by atoms with van der Waals surface area (Å²) < 4.78 is 5.23. The van der Waals surface area contributed by atoms with Gasteiger partial charge in [0.2, 0.25) is 11.8 Å². The van der Waals surface area contributed by atoms with E-state index in [9.17, 15) is 9.59 Å². The van der Waals surface area contributed by atoms with Crippen LogP contribution in [0.5, 0.6) is 0 Å². The molecule has 0 aromatic heterocycles. The van der Waals surface area contributed by atoms with E-state index in [1.54, 1.807) is 7.11 Å². The summed E-state index contributed by atoms with van der Waals surface area (Å²) in [5.41, 5.74) is 0. The molecule has 1 N–H and O–H groups in total. The fourth-order valence-electron chi connectivity index (χ4n) is 2.49. The van der Waals surface area contributed by atoms with Crippen molar-refractivity contribution >= 4 is 11.8 Å². The summed E-state index contributed by atoms with van der Waals surface area (Å²) in [5, 5.41) is 2.82. The van der Waals surface area contributed by atoms with Gasteiger partial charge in [-0.05, 0) is 12.3 Å². The van der Waals surface area contributed by atoms with Gasteiger partial charge in [0.1, 0.15) is 6.04 Å². The van der Waals surface area contributed by atoms with Crippen molar-refractivity contribution in [2.45, 2.75) is 52.1 Å². The van der Waals surface area contributed by atoms with Crippen LogP contribution in [0.1, 0.15) is 40.0 Å². The number of amides is 2. The van der Waals surface area contributed by atoms with Gasteiger partial charge in [0, 0.05) is 20.1 Å². The standard InChI is InChI=1S/C14H26N2O3/c1-5-6-11-14(18)16(8-7-13(17)15-11)12(9-19-4)10(2)3/h10-12H,5-9H2,1-4H3,(H,15,17). The van der Waals surface area contributed by atoms with Gasteiger partial charge in [-0.15, -0.1) is 0 Å². The predicted octanol–water partition coefficient (Wildman–Crippen LogP) is 1.17. The molecule has 1 aliphatic rings. The van der Waals surface area contributed by atoms with Crippen LogP contribution in [0, 0.1) is 5.92 Å². The van der Waals surface area contributed by atoms with Gasteiger partial charge in [-0.3, -0.25) is 9.59 Å². The van der Waals surface area contributed by atoms with Crippen molar-refractivity contribution in [3.8, 4) is 0 Å². The van der Waals surface area contributed by atoms with Crippen molar-refractivity contribution in [1.82, 2.24) is 10.2 Å². The molecule has 2 atom stereocenters. The zero-order valence-corrected chi connectivity index (χ0v) is 12.4. The van der Waals surface area contributed by atoms with Crippen LogP contribution in [0.4, 0.5) is 0 Å². The summed E-state index contributed by atoms with van der Waals surface area (Å²) in [7, 11) is 1.64. The molecule has 110 valence electrons. The number of rotatable bonds is 6. The van der Waals surface area contributed by atoms with Crippen LogP contribution in [-0.2, 0) is 14.3 Å². The van der Waals surface area contributed by atoms with Crippen LogP contribution >= 0.6 is 0 Å². The van der Waals surface area contributed by atoms with Crippen molar-refractivity contribution in [3.05, 3.63) is 0 Å². The maximum absolute atomic E-state index is 12.6. The molecule has 0 aromatic rings. The predicted molar refractivity (Wildman–Crippen MR) is 73.7 cm³/mol. The Bertz CT molecular complexity index is 318. The van der Waals surface area contributed by atoms with Gasteiger partial charge in [0.05, 0.1) is 12.6 Å². The van der Waals surface area contributed by atoms with E-state index >= 15 is 0 Å². The van der Waals surface area contributed by atoms with Crippen molar-refractivity contribution in [2.75, 3.05) is 20.3 Å². The summed E-state index contributed by atoms with van der Waals surface area (Å²) in [5.74, 6) is 0.303. The minimum absolute atomic E-state index is 0.0310. The van der Waals surface area contributed by atoms with E-state index in [1.165, 1.54) is 0 Å². The number of hydrogen-bond donors (Lipinski definition) is 1. The van der Waals surface area contributed by atoms with Crippen molar-refractivity contribution < 1.29 is 14.3 Å². The Morgan fingerprint density at radius 3 is 2.63 bits per heavy atom. The summed E-state index contributed by atoms with van der Waals surface area (Å²) in [6, 6.07) is -0.345. The summed E-state index contributed by atoms with van der Waals surface area (Å²) in [6.45, 7) is 7.16. The van der Waals surface area contributed by atoms with Gasteiger partial charge in [-0.1, -0.05) is 27.2 Å². The average molecular weight is 270 g/mol. The number of ether oxygens (including phenoxy) is 1. The Labute approximate surface area is 115 Å². The molecule has 2 unspecified atom stereocenters. The normalized spacial score (nSPS) is 22.4. The van der Waals surface area contributed by atoms with Crippen LogP contribution < -0.4 is 5.32 Å². The fraction of sp³-hybridized carbons (Fsp3) is 0.857. The van der Waals surface area contributed by atoms with Gasteiger partial charge < -0.3 is 15.0 Å². The Kier molecular flexibility index (Phi) is 6.28. The van der Waals surface area contributed by atoms with E-state index in [4.69, 9.17) is 4.74 Å². The molecule has 1 heterocycles. The molecule has 0 bridgehead atoms. The SMILES string of the molecule is CCCC1NC(=O)CCN(C(COC)C(C)C)C1=O. The van der Waals surface area contributed by atoms with Gasteiger partial charge in [-0.25, -0.2) is 0 Å². The largest absolute Gasteiger partial charge is 0.383 e. The first-order valence-corrected chi connectivity index (χ1v) is 7.10. The first-order valence-electron chi connectivity index (χ1n) is 7.10. The van der Waals surface area contributed by atoms with Crippen LogP contribution in [0.2, 0.25) is 0 Å². The van der Waals surface area contributed by atoms with Gasteiger partial charge >= 0.3 is 0 Å². The van der Waals surface area contributed by atoms with Gasteiger partial charge in [0.25, 0.3) is 0 Å². The third kappa shape index (κ3) is 4.20. The molecule has 0 radical (unpaired) electrons. The third-order valence-electron chi connectivity index (χ3n) is 3.58. The highest BCUT2D eigenvalue weighted by molar-refractivity contribution is 5.90. The van der Waals surface area contributed by atoms with E-state index < -0.39 is 0 Å². The Morgan fingerprint density at radius 1 is 1.42 bits per heavy atom. The summed E-state index contributed by atoms with van der Waals surface area (Å²) >= 11 is 0. The lowest BCUT2D eigenvalue weighted by molar-refractivity contribution is -0.137. The Morgan fingerprint density at radius 2 is 2.11 bits per heavy atom. The third-order valence-corrected chi connectivity index (χ3v) is 3.58. The lowest BCUT2D eigenvalue weighted by Gasteiger charge is -2.34. The van der Waals surface area contributed by atoms with Gasteiger partial charge in [0.15, 0.2) is 0 Å². The molecule has 0 saturated carbocycles. The monoisotopic (exact) mass is 270 g/mol. The smallest absolute Gasteiger partial charge is 0.245 e. The molecule has 0 aliphatic carbocycles. The zero-order chi connectivity index (χ0) is 14.4. The zero-order valence-electron chi connectivity index (χ0n) is 12.4. The van der Waals surface area contributed by atoms with Crippen LogP contribution in [0.3, 0.4) is 0 Å². The second-order valence-electron chi connectivity index (χ2n) is 5.46. The maximum atomic E-state index is 12.6. The highest BCUT2D eigenvalue weighted by Gasteiger charge is 2.34.